The SMILES string of the molecule is CCc1cccc(NC(=O)c2ccnc(NN)c2F)c1. The molecule has 0 saturated carbocycles. The van der Waals surface area contributed by atoms with Crippen LogP contribution in [0.3, 0.4) is 0 Å². The van der Waals surface area contributed by atoms with E-state index in [9.17, 15) is 9.18 Å². The average molecular weight is 274 g/mol. The van der Waals surface area contributed by atoms with Gasteiger partial charge in [0.1, 0.15) is 0 Å². The summed E-state index contributed by atoms with van der Waals surface area (Å²) >= 11 is 0. The predicted octanol–water partition coefficient (Wildman–Crippen LogP) is 2.32. The molecule has 20 heavy (non-hydrogen) atoms. The lowest BCUT2D eigenvalue weighted by atomic mass is 10.1. The van der Waals surface area contributed by atoms with Crippen molar-refractivity contribution in [2.24, 2.45) is 5.84 Å². The number of nitrogens with zero attached hydrogens (tertiary/aromatic N) is 1. The molecule has 0 aliphatic rings. The molecule has 0 unspecified atom stereocenters. The van der Waals surface area contributed by atoms with E-state index in [1.54, 1.807) is 6.07 Å². The van der Waals surface area contributed by atoms with E-state index < -0.39 is 11.7 Å². The van der Waals surface area contributed by atoms with E-state index in [1.165, 1.54) is 12.3 Å². The smallest absolute Gasteiger partial charge is 0.258 e. The normalized spacial score (nSPS) is 10.2. The van der Waals surface area contributed by atoms with Crippen molar-refractivity contribution in [3.63, 3.8) is 0 Å². The van der Waals surface area contributed by atoms with Crippen LogP contribution in [-0.2, 0) is 6.42 Å². The van der Waals surface area contributed by atoms with Crippen molar-refractivity contribution in [1.82, 2.24) is 4.98 Å². The van der Waals surface area contributed by atoms with Crippen molar-refractivity contribution in [3.8, 4) is 0 Å². The number of nitrogens with one attached hydrogen (secondary N) is 2. The molecular weight excluding hydrogens is 259 g/mol. The highest BCUT2D eigenvalue weighted by Crippen LogP contribution is 2.17. The molecule has 0 saturated heterocycles. The number of nitrogen functional groups attached to an aromatic ring is 1. The molecule has 0 aliphatic carbocycles. The van der Waals surface area contributed by atoms with Crippen molar-refractivity contribution < 1.29 is 9.18 Å². The molecular formula is C14H15FN4O. The maximum Gasteiger partial charge on any atom is 0.258 e. The quantitative estimate of drug-likeness (QED) is 0.590. The Morgan fingerprint density at radius 1 is 1.40 bits per heavy atom. The highest BCUT2D eigenvalue weighted by molar-refractivity contribution is 6.04. The Balaban J connectivity index is 2.24. The van der Waals surface area contributed by atoms with E-state index in [4.69, 9.17) is 5.84 Å². The van der Waals surface area contributed by atoms with Crippen molar-refractivity contribution in [2.75, 3.05) is 10.7 Å². The molecule has 0 spiro atoms. The first-order valence-corrected chi connectivity index (χ1v) is 6.17. The molecule has 0 atom stereocenters. The second kappa shape index (κ2) is 6.12. The summed E-state index contributed by atoms with van der Waals surface area (Å²) in [5, 5.41) is 2.65. The molecule has 5 nitrogen and oxygen atoms in total. The maximum absolute atomic E-state index is 13.9. The summed E-state index contributed by atoms with van der Waals surface area (Å²) in [4.78, 5) is 15.7. The van der Waals surface area contributed by atoms with E-state index in [0.717, 1.165) is 12.0 Å². The van der Waals surface area contributed by atoms with E-state index in [0.29, 0.717) is 5.69 Å². The van der Waals surface area contributed by atoms with E-state index in [1.807, 2.05) is 25.1 Å². The van der Waals surface area contributed by atoms with Gasteiger partial charge >= 0.3 is 0 Å². The van der Waals surface area contributed by atoms with Gasteiger partial charge in [0.15, 0.2) is 11.6 Å². The van der Waals surface area contributed by atoms with Crippen molar-refractivity contribution in [2.45, 2.75) is 13.3 Å². The fourth-order valence-corrected chi connectivity index (χ4v) is 1.79. The second-order valence-corrected chi connectivity index (χ2v) is 4.17. The fraction of sp³-hybridized carbons (Fsp3) is 0.143. The predicted molar refractivity (Wildman–Crippen MR) is 75.8 cm³/mol. The van der Waals surface area contributed by atoms with Gasteiger partial charge in [0, 0.05) is 11.9 Å². The van der Waals surface area contributed by atoms with Gasteiger partial charge in [-0.25, -0.2) is 15.2 Å². The summed E-state index contributed by atoms with van der Waals surface area (Å²) in [6, 6.07) is 8.69. The molecule has 1 amide bonds. The van der Waals surface area contributed by atoms with Gasteiger partial charge in [0.05, 0.1) is 5.56 Å². The Morgan fingerprint density at radius 3 is 2.90 bits per heavy atom. The Kier molecular flexibility index (Phi) is 4.27. The largest absolute Gasteiger partial charge is 0.322 e. The molecule has 0 fully saturated rings. The zero-order chi connectivity index (χ0) is 14.5. The van der Waals surface area contributed by atoms with E-state index in [2.05, 4.69) is 15.7 Å². The van der Waals surface area contributed by atoms with Gasteiger partial charge in [-0.2, -0.15) is 0 Å². The summed E-state index contributed by atoms with van der Waals surface area (Å²) < 4.78 is 13.9. The van der Waals surface area contributed by atoms with Crippen molar-refractivity contribution in [1.29, 1.82) is 0 Å². The van der Waals surface area contributed by atoms with Gasteiger partial charge in [-0.05, 0) is 30.2 Å². The third-order valence-electron chi connectivity index (χ3n) is 2.86. The Labute approximate surface area is 116 Å². The van der Waals surface area contributed by atoms with Crippen LogP contribution in [0.4, 0.5) is 15.9 Å². The molecule has 0 aliphatic heterocycles. The van der Waals surface area contributed by atoms with Crippen LogP contribution in [0.1, 0.15) is 22.8 Å². The van der Waals surface area contributed by atoms with Crippen LogP contribution in [0.25, 0.3) is 0 Å². The van der Waals surface area contributed by atoms with Crippen molar-refractivity contribution >= 4 is 17.4 Å². The van der Waals surface area contributed by atoms with Gasteiger partial charge in [-0.1, -0.05) is 19.1 Å². The molecule has 4 N–H and O–H groups in total. The number of hydrogen-bond donors (Lipinski definition) is 3. The summed E-state index contributed by atoms with van der Waals surface area (Å²) in [5.41, 5.74) is 3.69. The standard InChI is InChI=1S/C14H15FN4O/c1-2-9-4-3-5-10(8-9)18-14(20)11-6-7-17-13(19-16)12(11)15/h3-8H,2,16H2,1H3,(H,17,19)(H,18,20). The Morgan fingerprint density at radius 2 is 2.20 bits per heavy atom. The molecule has 2 rings (SSSR count). The van der Waals surface area contributed by atoms with Crippen LogP contribution < -0.4 is 16.6 Å². The maximum atomic E-state index is 13.9. The van der Waals surface area contributed by atoms with E-state index in [-0.39, 0.29) is 11.4 Å². The van der Waals surface area contributed by atoms with E-state index >= 15 is 0 Å². The third-order valence-corrected chi connectivity index (χ3v) is 2.86. The van der Waals surface area contributed by atoms with Gasteiger partial charge in [0.2, 0.25) is 0 Å². The van der Waals surface area contributed by atoms with Crippen LogP contribution in [0.2, 0.25) is 0 Å². The fourth-order valence-electron chi connectivity index (χ4n) is 1.79. The number of rotatable bonds is 4. The van der Waals surface area contributed by atoms with Crippen LogP contribution in [-0.4, -0.2) is 10.9 Å². The molecule has 1 heterocycles. The lowest BCUT2D eigenvalue weighted by Crippen LogP contribution is -2.17. The minimum absolute atomic E-state index is 0.116. The number of carbonyl (C=O) groups excluding carboxylic acids is 1. The zero-order valence-electron chi connectivity index (χ0n) is 11.0. The van der Waals surface area contributed by atoms with Gasteiger partial charge in [-0.3, -0.25) is 4.79 Å². The van der Waals surface area contributed by atoms with Crippen molar-refractivity contribution in [3.05, 3.63) is 53.5 Å². The number of aryl methyl sites for hydroxylation is 1. The van der Waals surface area contributed by atoms with Gasteiger partial charge in [-0.15, -0.1) is 0 Å². The monoisotopic (exact) mass is 274 g/mol. The third kappa shape index (κ3) is 2.92. The number of hydrazine groups is 1. The number of hydrogen-bond acceptors (Lipinski definition) is 4. The topological polar surface area (TPSA) is 80.0 Å². The van der Waals surface area contributed by atoms with Crippen LogP contribution in [0.5, 0.6) is 0 Å². The second-order valence-electron chi connectivity index (χ2n) is 4.17. The number of anilines is 2. The Hall–Kier alpha value is -2.47. The Bertz CT molecular complexity index is 630. The lowest BCUT2D eigenvalue weighted by molar-refractivity contribution is 0.102. The van der Waals surface area contributed by atoms with Crippen LogP contribution in [0, 0.1) is 5.82 Å². The molecule has 6 heteroatoms. The van der Waals surface area contributed by atoms with Gasteiger partial charge < -0.3 is 10.7 Å². The first-order valence-electron chi connectivity index (χ1n) is 6.17. The summed E-state index contributed by atoms with van der Waals surface area (Å²) in [6.07, 6.45) is 2.17. The average Bonchev–Trinajstić information content (AvgIpc) is 2.47. The molecule has 2 aromatic rings. The lowest BCUT2D eigenvalue weighted by Gasteiger charge is -2.09. The number of aromatic nitrogens is 1. The first kappa shape index (κ1) is 14.0. The highest BCUT2D eigenvalue weighted by Gasteiger charge is 2.15. The van der Waals surface area contributed by atoms with Crippen LogP contribution in [0.15, 0.2) is 36.5 Å². The molecule has 1 aromatic heterocycles. The summed E-state index contributed by atoms with van der Waals surface area (Å²) in [6.45, 7) is 2.02. The summed E-state index contributed by atoms with van der Waals surface area (Å²) in [5.74, 6) is 3.63. The number of halogens is 1. The number of amides is 1. The molecule has 104 valence electrons. The number of nitrogens with two attached hydrogens (primary N) is 1. The molecule has 1 aromatic carbocycles. The number of carbonyl (C=O) groups is 1. The van der Waals surface area contributed by atoms with Gasteiger partial charge in [0.25, 0.3) is 5.91 Å². The molecule has 0 radical (unpaired) electrons. The number of pyridine rings is 1. The minimum Gasteiger partial charge on any atom is -0.322 e. The molecule has 0 bridgehead atoms. The first-order chi connectivity index (χ1) is 9.65. The van der Waals surface area contributed by atoms with Crippen LogP contribution >= 0.6 is 0 Å². The minimum atomic E-state index is -0.779. The zero-order valence-corrected chi connectivity index (χ0v) is 11.0. The number of benzene rings is 1. The summed E-state index contributed by atoms with van der Waals surface area (Å²) in [7, 11) is 0. The highest BCUT2D eigenvalue weighted by atomic mass is 19.1.